The Balaban J connectivity index is 0.000000105. The van der Waals surface area contributed by atoms with Crippen LogP contribution in [-0.4, -0.2) is 125 Å². The van der Waals surface area contributed by atoms with Crippen molar-refractivity contribution in [1.82, 2.24) is 58.6 Å². The Bertz CT molecular complexity index is 5600. The van der Waals surface area contributed by atoms with E-state index >= 15 is 0 Å². The number of hydrogen-bond acceptors (Lipinski definition) is 12. The van der Waals surface area contributed by atoms with Crippen LogP contribution in [0.2, 0.25) is 0 Å². The summed E-state index contributed by atoms with van der Waals surface area (Å²) in [7, 11) is 0. The topological polar surface area (TPSA) is 216 Å². The maximum atomic E-state index is 13.4. The predicted molar refractivity (Wildman–Crippen MR) is 582 cm³/mol. The van der Waals surface area contributed by atoms with Crippen LogP contribution in [-0.2, 0) is 32.7 Å². The fourth-order valence-electron chi connectivity index (χ4n) is 42.6. The van der Waals surface area contributed by atoms with Crippen LogP contribution in [0.15, 0.2) is 142 Å². The number of allylic oxidation sites excluding steroid dienone is 5. The van der Waals surface area contributed by atoms with Crippen LogP contribution in [0.1, 0.15) is 343 Å². The Morgan fingerprint density at radius 2 is 0.617 bits per heavy atom. The lowest BCUT2D eigenvalue weighted by Crippen LogP contribution is -2.52. The van der Waals surface area contributed by atoms with Crippen molar-refractivity contribution in [2.24, 2.45) is 211 Å². The van der Waals surface area contributed by atoms with Crippen molar-refractivity contribution in [3.63, 3.8) is 0 Å². The normalized spacial score (nSPS) is 46.0. The zero-order valence-corrected chi connectivity index (χ0v) is 92.4. The monoisotopic (exact) mass is 2060 g/mol. The van der Waals surface area contributed by atoms with Crippen molar-refractivity contribution in [3.8, 4) is 23.1 Å². The van der Waals surface area contributed by atoms with E-state index in [9.17, 15) is 38.7 Å². The highest BCUT2D eigenvalue weighted by atomic mass is 35.5. The Morgan fingerprint density at radius 3 is 0.933 bits per heavy atom. The third-order valence-corrected chi connectivity index (χ3v) is 49.4. The molecule has 149 heavy (non-hydrogen) atoms. The average molecular weight is 2060 g/mol. The summed E-state index contributed by atoms with van der Waals surface area (Å²) < 4.78 is 46.7. The molecule has 21 aliphatic rings. The molecular weight excluding hydrogens is 1880 g/mol. The Labute approximate surface area is 895 Å². The second-order valence-corrected chi connectivity index (χ2v) is 56.7. The first-order valence-electron chi connectivity index (χ1n) is 60.6. The molecule has 0 aliphatic heterocycles. The van der Waals surface area contributed by atoms with Gasteiger partial charge in [0.25, 0.3) is 6.43 Å². The first-order valence-corrected chi connectivity index (χ1v) is 60.9. The van der Waals surface area contributed by atoms with Gasteiger partial charge in [-0.05, 0) is 525 Å². The molecule has 0 bridgehead atoms. The molecule has 21 heteroatoms. The molecule has 17 nitrogen and oxygen atoms in total. The van der Waals surface area contributed by atoms with Crippen molar-refractivity contribution < 1.29 is 38.7 Å². The van der Waals surface area contributed by atoms with Gasteiger partial charge in [0, 0.05) is 68.1 Å². The summed E-state index contributed by atoms with van der Waals surface area (Å²) in [4.78, 5) is 16.2. The van der Waals surface area contributed by atoms with Crippen LogP contribution in [0, 0.1) is 234 Å². The lowest BCUT2D eigenvalue weighted by atomic mass is 9.48. The summed E-state index contributed by atoms with van der Waals surface area (Å²) in [5.74, 6) is 32.3. The number of fused-ring (bicyclic) bond motifs is 25. The fraction of sp³-hybridized carbons (Fsp3) is 0.789. The van der Waals surface area contributed by atoms with Crippen molar-refractivity contribution in [2.45, 2.75) is 410 Å². The van der Waals surface area contributed by atoms with Gasteiger partial charge in [-0.3, -0.25) is 0 Å². The van der Waals surface area contributed by atoms with Gasteiger partial charge in [0.2, 0.25) is 0 Å². The zero-order valence-electron chi connectivity index (χ0n) is 91.6. The third-order valence-electron chi connectivity index (χ3n) is 49.3. The predicted octanol–water partition coefficient (Wildman–Crippen LogP) is 26.9. The summed E-state index contributed by atoms with van der Waals surface area (Å²) in [6.07, 6.45) is 76.1. The van der Waals surface area contributed by atoms with E-state index in [0.29, 0.717) is 117 Å². The summed E-state index contributed by atoms with van der Waals surface area (Å²) in [6, 6.07) is 0. The summed E-state index contributed by atoms with van der Waals surface area (Å²) in [5.41, 5.74) is 3.99. The molecule has 0 unspecified atom stereocenters. The first-order chi connectivity index (χ1) is 71.5. The van der Waals surface area contributed by atoms with Gasteiger partial charge in [0.1, 0.15) is 23.5 Å². The molecule has 0 aromatic carbocycles. The van der Waals surface area contributed by atoms with E-state index < -0.39 is 41.1 Å². The van der Waals surface area contributed by atoms with Gasteiger partial charge < -0.3 is 39.2 Å². The van der Waals surface area contributed by atoms with Crippen molar-refractivity contribution in [1.29, 1.82) is 0 Å². The van der Waals surface area contributed by atoms with Crippen molar-refractivity contribution in [3.05, 3.63) is 142 Å². The minimum Gasteiger partial charge on any atom is -0.390 e. The third kappa shape index (κ3) is 20.6. The van der Waals surface area contributed by atoms with E-state index in [4.69, 9.17) is 11.6 Å². The molecule has 26 rings (SSSR count). The van der Waals surface area contributed by atoms with E-state index in [-0.39, 0.29) is 12.3 Å². The highest BCUT2D eigenvalue weighted by molar-refractivity contribution is 6.30. The maximum Gasteiger partial charge on any atom is 0.266 e. The number of imidazole rings is 3. The van der Waals surface area contributed by atoms with Gasteiger partial charge in [0.05, 0.1) is 68.1 Å². The number of aliphatic hydroxyl groups is 5. The molecule has 21 fully saturated rings. The average Bonchev–Trinajstić information content (AvgIpc) is 1.64. The molecule has 0 radical (unpaired) electrons. The number of aromatic nitrogens is 12. The van der Waals surface area contributed by atoms with Gasteiger partial charge in [-0.15, -0.1) is 0 Å². The van der Waals surface area contributed by atoms with Crippen molar-refractivity contribution in [2.75, 3.05) is 6.67 Å². The second-order valence-electron chi connectivity index (χ2n) is 56.5. The molecule has 0 spiro atoms. The molecule has 5 N–H and O–H groups in total. The quantitative estimate of drug-likeness (QED) is 0.0434. The van der Waals surface area contributed by atoms with Gasteiger partial charge in [-0.1, -0.05) is 113 Å². The smallest absolute Gasteiger partial charge is 0.266 e. The van der Waals surface area contributed by atoms with Gasteiger partial charge >= 0.3 is 0 Å². The van der Waals surface area contributed by atoms with E-state index in [1.54, 1.807) is 34.4 Å². The summed E-state index contributed by atoms with van der Waals surface area (Å²) >= 11 is 5.64. The molecule has 40 atom stereocenters. The SMILES string of the molecule is C=C(Cn1ccnc1)[C@H]1CC[C@H]2[C@@H]3CC[C@H]4C[C@](O)(C#CC5CC5)CC[C@@H]4[C@H]3CC[C@]12C.C=C(Cn1ccnc1)[C@H]1CC[C@H]2[C@@H]3CC[C@H]4C[C@](O)(C#CCl)CC[C@@H]4[C@H]3CC[C@]12C.C=C(Cn1ccnc1)[C@H]1CC[C@H]2[C@@H]3CC[C@H]4C[C@](O)(C(F)F)CC[C@@H]4[C@H]3CC[C@]12C.C=C(Cn1nccn1)[C@H]1CC[C@H]2[C@@H]3CC[C@H]4C[C@@](C)(O)CC[C@@H]4[C@H]3CC[C@]12C.C=C(Cn1nccn1)[C@H]1CC[C@H]2[C@@H]3CC[C@H]4C[C@](O)(CF)CC[C@@H]4[C@H]3CC[C@]12C. The molecule has 0 amide bonds. The number of halogens is 4. The van der Waals surface area contributed by atoms with Gasteiger partial charge in [0.15, 0.2) is 0 Å². The largest absolute Gasteiger partial charge is 0.390 e. The van der Waals surface area contributed by atoms with Crippen LogP contribution >= 0.6 is 11.6 Å². The van der Waals surface area contributed by atoms with E-state index in [1.165, 1.54) is 233 Å². The highest BCUT2D eigenvalue weighted by Crippen LogP contribution is 2.73. The molecule has 814 valence electrons. The standard InChI is InChI=1S/C29H40N2O.C26H35ClN2O.C25H36F2N2O.C24H36FN3O.C24H37N3O/c1-20(18-31-16-15-30-19-31)26-7-8-27-25-6-5-22-17-29(32,13-9-21-3-4-21)14-11-23(22)24(25)10-12-28(26,27)2;1-18(16-29-14-13-28-17-29)23-5-6-24-22-4-3-19-15-26(30,11-12-27)10-8-20(19)21(22)7-9-25(23,24)2;1-16(14-29-12-11-28-15-29)21-5-6-22-20-4-3-17-13-25(30,23(26)27)10-8-18(17)19(20)7-9-24(21,22)2;1-16(14-28-26-11-12-27-28)21-5-6-22-20-4-3-17-13-24(29,15-25)10-8-18(17)19(20)7-9-23(21,22)2;1-16(15-27-25-12-13-26-27)21-6-7-22-20-5-4-17-14-23(2,28)10-8-18(17)19(20)9-11-24(21,22)3/h15-16,19,21-27,32H,1,3-8,10-12,14,17-18H2,2H3;13-14,17,19-24,30H,1,3-10,15-16H2,2H3;11-12,15,17-23,30H,1,3-10,13-14H2,2H3;11-12,17-22,29H,1,3-10,13-15H2,2H3;12-13,17-22,28H,1,4-11,14-15H2,2-3H3/t22-,23-,24+,25+,26+,27-,28+,29-;19-,20-,21+,22+,23+,24-,25+,26+;17-,18-,19+,20+,21+,22-,24+,25-;17-,18-,19+,20+,21+,22-,23+,24-;17-,18-,19+,20+,21+,22-,23-,24+/m00000/s1. The number of hydrogen-bond donors (Lipinski definition) is 5. The van der Waals surface area contributed by atoms with Crippen LogP contribution in [0.5, 0.6) is 0 Å². The fourth-order valence-corrected chi connectivity index (χ4v) is 42.7. The molecule has 5 aromatic heterocycles. The van der Waals surface area contributed by atoms with E-state index in [0.717, 1.165) is 210 Å². The minimum atomic E-state index is -2.61. The van der Waals surface area contributed by atoms with Gasteiger partial charge in [-0.2, -0.15) is 30.0 Å². The maximum absolute atomic E-state index is 13.4. The second kappa shape index (κ2) is 42.5. The number of rotatable bonds is 17. The molecule has 21 saturated carbocycles. The van der Waals surface area contributed by atoms with Crippen molar-refractivity contribution >= 4 is 11.6 Å². The minimum absolute atomic E-state index is 0.279. The zero-order chi connectivity index (χ0) is 104. The Morgan fingerprint density at radius 1 is 0.322 bits per heavy atom. The Kier molecular flexibility index (Phi) is 30.5. The summed E-state index contributed by atoms with van der Waals surface area (Å²) in [5, 5.41) is 73.1. The number of alkyl halides is 3. The van der Waals surface area contributed by atoms with Crippen LogP contribution < -0.4 is 0 Å². The molecule has 5 heterocycles. The highest BCUT2D eigenvalue weighted by Gasteiger charge is 2.66. The molecular formula is C128H184ClF3N12O5. The van der Waals surface area contributed by atoms with Crippen LogP contribution in [0.3, 0.4) is 0 Å². The molecule has 21 aliphatic carbocycles. The lowest BCUT2D eigenvalue weighted by Gasteiger charge is -2.57. The van der Waals surface area contributed by atoms with Crippen LogP contribution in [0.25, 0.3) is 0 Å². The molecule has 5 aromatic rings. The molecule has 0 saturated heterocycles. The lowest BCUT2D eigenvalue weighted by molar-refractivity contribution is -0.158. The van der Waals surface area contributed by atoms with Gasteiger partial charge in [-0.25, -0.2) is 28.1 Å². The van der Waals surface area contributed by atoms with Crippen LogP contribution in [0.4, 0.5) is 13.2 Å². The van der Waals surface area contributed by atoms with E-state index in [1.807, 2.05) is 43.8 Å². The first kappa shape index (κ1) is 107. The summed E-state index contributed by atoms with van der Waals surface area (Å²) in [6.45, 7) is 41.1. The van der Waals surface area contributed by atoms with E-state index in [2.05, 4.69) is 159 Å². The Hall–Kier alpha value is -6.39. The number of nitrogens with zero attached hydrogens (tertiary/aromatic N) is 12.